The van der Waals surface area contributed by atoms with Crippen molar-refractivity contribution in [2.24, 2.45) is 0 Å². The molecule has 0 amide bonds. The Morgan fingerprint density at radius 2 is 1.50 bits per heavy atom. The van der Waals surface area contributed by atoms with Crippen LogP contribution >= 0.6 is 0 Å². The third-order valence-electron chi connectivity index (χ3n) is 1.08. The molecule has 0 radical (unpaired) electrons. The Morgan fingerprint density at radius 1 is 1.42 bits per heavy atom. The fourth-order valence-electron chi connectivity index (χ4n) is 0.329. The van der Waals surface area contributed by atoms with Gasteiger partial charge in [0.15, 0.2) is 0 Å². The second-order valence-corrected chi connectivity index (χ2v) is 2.13. The van der Waals surface area contributed by atoms with Crippen LogP contribution in [-0.4, -0.2) is 34.2 Å². The van der Waals surface area contributed by atoms with Crippen LogP contribution in [0.25, 0.3) is 0 Å². The summed E-state index contributed by atoms with van der Waals surface area (Å²) in [4.78, 5) is 0. The number of alkyl halides is 2. The summed E-state index contributed by atoms with van der Waals surface area (Å²) in [5, 5.41) is 21.5. The van der Waals surface area contributed by atoms with Gasteiger partial charge in [0.1, 0.15) is 0 Å². The minimum Gasteiger partial charge on any atom is -0.450 e. The van der Waals surface area contributed by atoms with Crippen LogP contribution in [0.1, 0.15) is 6.92 Å². The summed E-state index contributed by atoms with van der Waals surface area (Å²) in [5.41, 5.74) is -2.25. The quantitative estimate of drug-likeness (QED) is 0.287. The molecule has 1 aliphatic rings. The second kappa shape index (κ2) is 5.97. The molecule has 0 saturated heterocycles. The van der Waals surface area contributed by atoms with Crippen molar-refractivity contribution in [1.29, 1.82) is 0 Å². The van der Waals surface area contributed by atoms with E-state index in [0.29, 0.717) is 0 Å². The zero-order valence-corrected chi connectivity index (χ0v) is 9.75. The Bertz CT molecular complexity index is 124. The van der Waals surface area contributed by atoms with Crippen molar-refractivity contribution >= 4 is 7.32 Å². The molecule has 3 nitrogen and oxygen atoms in total. The Morgan fingerprint density at radius 3 is 1.50 bits per heavy atom. The summed E-state index contributed by atoms with van der Waals surface area (Å²) >= 11 is 0. The van der Waals surface area contributed by atoms with Gasteiger partial charge in [0.2, 0.25) is 0 Å². The van der Waals surface area contributed by atoms with Gasteiger partial charge in [0, 0.05) is 11.8 Å². The van der Waals surface area contributed by atoms with E-state index in [9.17, 15) is 13.2 Å². The molecule has 8 heteroatoms. The second-order valence-electron chi connectivity index (χ2n) is 2.13. The van der Waals surface area contributed by atoms with Gasteiger partial charge in [-0.25, -0.2) is 0 Å². The molecular weight excluding hydrogens is 203 g/mol. The minimum atomic E-state index is -2.25. The number of halogens is 3. The van der Waals surface area contributed by atoms with Gasteiger partial charge in [-0.2, -0.15) is 0 Å². The average molecular weight is 210 g/mol. The third kappa shape index (κ3) is 5.18. The largest absolute Gasteiger partial charge is 1.00 e. The molecular formula is C4H7BF3KO3. The molecule has 3 N–H and O–H groups in total. The van der Waals surface area contributed by atoms with Gasteiger partial charge in [-0.05, 0) is 0 Å². The van der Waals surface area contributed by atoms with Crippen LogP contribution in [0.15, 0.2) is 0 Å². The van der Waals surface area contributed by atoms with Gasteiger partial charge in [-0.1, -0.05) is 13.1 Å². The summed E-state index contributed by atoms with van der Waals surface area (Å²) in [5.74, 6) is 0. The molecule has 1 saturated carbocycles. The molecule has 0 bridgehead atoms. The van der Waals surface area contributed by atoms with E-state index in [4.69, 9.17) is 15.1 Å². The Kier molecular flexibility index (Phi) is 7.87. The Hall–Kier alpha value is 1.37. The van der Waals surface area contributed by atoms with Crippen LogP contribution in [0, 0.1) is 6.17 Å². The van der Waals surface area contributed by atoms with Gasteiger partial charge >= 0.3 is 58.7 Å². The third-order valence-corrected chi connectivity index (χ3v) is 1.08. The fraction of sp³-hybridized carbons (Fsp3) is 0.750. The van der Waals surface area contributed by atoms with E-state index in [2.05, 4.69) is 0 Å². The molecule has 2 atom stereocenters. The van der Waals surface area contributed by atoms with Gasteiger partial charge in [-0.15, -0.1) is 0 Å². The number of rotatable bonds is 0. The van der Waals surface area contributed by atoms with E-state index in [1.54, 1.807) is 0 Å². The van der Waals surface area contributed by atoms with Crippen molar-refractivity contribution in [3.05, 3.63) is 6.17 Å². The standard InChI is InChI=1S/C4H4F3.BH3O3.K/c1-4(7)2(5)3(4)6;2-1(3)4;/h2H,1H3;2-4H;/q-1;;+1. The maximum absolute atomic E-state index is 11.8. The van der Waals surface area contributed by atoms with Crippen LogP contribution < -0.4 is 51.4 Å². The van der Waals surface area contributed by atoms with Crippen LogP contribution in [0.5, 0.6) is 0 Å². The molecule has 1 aliphatic carbocycles. The molecule has 0 aromatic carbocycles. The molecule has 2 unspecified atom stereocenters. The SMILES string of the molecule is CC1(F)[C-](F)C1F.OB(O)O.[K+]. The monoisotopic (exact) mass is 210 g/mol. The number of hydrogen-bond donors (Lipinski definition) is 3. The van der Waals surface area contributed by atoms with Crippen LogP contribution in [-0.2, 0) is 0 Å². The molecule has 0 aromatic heterocycles. The summed E-state index contributed by atoms with van der Waals surface area (Å²) in [6, 6.07) is 0. The van der Waals surface area contributed by atoms with E-state index >= 15 is 0 Å². The molecule has 1 rings (SSSR count). The first-order valence-electron chi connectivity index (χ1n) is 2.70. The predicted molar refractivity (Wildman–Crippen MR) is 31.2 cm³/mol. The fourth-order valence-corrected chi connectivity index (χ4v) is 0.329. The number of hydrogen-bond acceptors (Lipinski definition) is 3. The predicted octanol–water partition coefficient (Wildman–Crippen LogP) is -3.48. The summed E-state index contributed by atoms with van der Waals surface area (Å²) in [7, 11) is -2.17. The van der Waals surface area contributed by atoms with Crippen molar-refractivity contribution in [2.45, 2.75) is 18.8 Å². The first-order valence-corrected chi connectivity index (χ1v) is 2.70. The van der Waals surface area contributed by atoms with Crippen LogP contribution in [0.4, 0.5) is 13.2 Å². The summed E-state index contributed by atoms with van der Waals surface area (Å²) in [6.45, 7) is 0.882. The maximum Gasteiger partial charge on any atom is 1.00 e. The normalized spacial score (nSPS) is 32.8. The van der Waals surface area contributed by atoms with Gasteiger partial charge in [0.25, 0.3) is 0 Å². The van der Waals surface area contributed by atoms with Crippen LogP contribution in [0.2, 0.25) is 0 Å². The molecule has 0 heterocycles. The molecule has 0 aliphatic heterocycles. The van der Waals surface area contributed by atoms with Gasteiger partial charge in [-0.3, -0.25) is 8.78 Å². The minimum absolute atomic E-state index is 0. The van der Waals surface area contributed by atoms with Crippen LogP contribution in [0.3, 0.4) is 0 Å². The van der Waals surface area contributed by atoms with E-state index in [1.807, 2.05) is 0 Å². The Balaban J connectivity index is 0. The van der Waals surface area contributed by atoms with E-state index in [0.717, 1.165) is 6.92 Å². The zero-order valence-electron chi connectivity index (χ0n) is 6.63. The average Bonchev–Trinajstić information content (AvgIpc) is 2.17. The van der Waals surface area contributed by atoms with E-state index in [-0.39, 0.29) is 51.4 Å². The van der Waals surface area contributed by atoms with Crippen molar-refractivity contribution in [1.82, 2.24) is 0 Å². The molecule has 1 fully saturated rings. The summed E-state index contributed by atoms with van der Waals surface area (Å²) in [6.07, 6.45) is -3.12. The first-order chi connectivity index (χ1) is 4.80. The molecule has 12 heavy (non-hydrogen) atoms. The van der Waals surface area contributed by atoms with Crippen molar-refractivity contribution < 1.29 is 79.6 Å². The van der Waals surface area contributed by atoms with E-state index < -0.39 is 25.3 Å². The molecule has 66 valence electrons. The van der Waals surface area contributed by atoms with Crippen molar-refractivity contribution in [2.75, 3.05) is 0 Å². The molecule has 0 spiro atoms. The topological polar surface area (TPSA) is 60.7 Å². The zero-order chi connectivity index (χ0) is 9.23. The van der Waals surface area contributed by atoms with Gasteiger partial charge < -0.3 is 19.5 Å². The maximum atomic E-state index is 11.8. The smallest absolute Gasteiger partial charge is 0.450 e. The Labute approximate surface area is 111 Å². The van der Waals surface area contributed by atoms with Gasteiger partial charge in [0.05, 0.1) is 0 Å². The molecule has 0 aromatic rings. The summed E-state index contributed by atoms with van der Waals surface area (Å²) < 4.78 is 34.7. The van der Waals surface area contributed by atoms with E-state index in [1.165, 1.54) is 0 Å². The first kappa shape index (κ1) is 15.8. The van der Waals surface area contributed by atoms with Crippen molar-refractivity contribution in [3.63, 3.8) is 0 Å². The van der Waals surface area contributed by atoms with Crippen molar-refractivity contribution in [3.8, 4) is 0 Å².